The lowest BCUT2D eigenvalue weighted by atomic mass is 10.1. The lowest BCUT2D eigenvalue weighted by Crippen LogP contribution is -2.22. The number of halogens is 1. The largest absolute Gasteiger partial charge is 0.493 e. The molecule has 0 aliphatic carbocycles. The van der Waals surface area contributed by atoms with Gasteiger partial charge in [-0.05, 0) is 31.5 Å². The van der Waals surface area contributed by atoms with E-state index >= 15 is 0 Å². The standard InChI is InChI=1S/C21H21ClN2O4/c1-4-27-20-16(22)9-14(10-18(20)26-3)12-23-21(25)19-11-17(24-28-19)15-7-5-13(2)6-8-15/h5-11H,4,12H2,1-3H3,(H,23,25). The maximum Gasteiger partial charge on any atom is 0.290 e. The van der Waals surface area contributed by atoms with E-state index in [1.165, 1.54) is 7.11 Å². The van der Waals surface area contributed by atoms with Gasteiger partial charge in [0.2, 0.25) is 5.76 Å². The summed E-state index contributed by atoms with van der Waals surface area (Å²) in [6.45, 7) is 4.60. The van der Waals surface area contributed by atoms with E-state index in [-0.39, 0.29) is 18.2 Å². The molecule has 146 valence electrons. The third kappa shape index (κ3) is 4.46. The van der Waals surface area contributed by atoms with Crippen molar-refractivity contribution in [3.63, 3.8) is 0 Å². The Morgan fingerprint density at radius 1 is 1.21 bits per heavy atom. The summed E-state index contributed by atoms with van der Waals surface area (Å²) in [5.74, 6) is 0.772. The van der Waals surface area contributed by atoms with Gasteiger partial charge in [-0.15, -0.1) is 0 Å². The fraction of sp³-hybridized carbons (Fsp3) is 0.238. The Hall–Kier alpha value is -2.99. The molecule has 0 spiro atoms. The molecule has 2 aromatic carbocycles. The van der Waals surface area contributed by atoms with Crippen molar-refractivity contribution < 1.29 is 18.8 Å². The summed E-state index contributed by atoms with van der Waals surface area (Å²) in [6.07, 6.45) is 0. The lowest BCUT2D eigenvalue weighted by molar-refractivity contribution is 0.0914. The minimum absolute atomic E-state index is 0.138. The number of hydrogen-bond acceptors (Lipinski definition) is 5. The Bertz CT molecular complexity index is 967. The van der Waals surface area contributed by atoms with Crippen LogP contribution < -0.4 is 14.8 Å². The Labute approximate surface area is 168 Å². The summed E-state index contributed by atoms with van der Waals surface area (Å²) in [7, 11) is 1.54. The summed E-state index contributed by atoms with van der Waals surface area (Å²) < 4.78 is 16.0. The molecule has 0 fully saturated rings. The molecular weight excluding hydrogens is 380 g/mol. The molecule has 0 bridgehead atoms. The highest BCUT2D eigenvalue weighted by molar-refractivity contribution is 6.32. The maximum absolute atomic E-state index is 12.4. The number of methoxy groups -OCH3 is 1. The van der Waals surface area contributed by atoms with Gasteiger partial charge >= 0.3 is 0 Å². The number of amides is 1. The average Bonchev–Trinajstić information content (AvgIpc) is 3.18. The van der Waals surface area contributed by atoms with E-state index < -0.39 is 0 Å². The Kier molecular flexibility index (Phi) is 6.21. The van der Waals surface area contributed by atoms with Crippen LogP contribution >= 0.6 is 11.6 Å². The van der Waals surface area contributed by atoms with Crippen LogP contribution in [0.25, 0.3) is 11.3 Å². The number of aromatic nitrogens is 1. The molecule has 1 N–H and O–H groups in total. The molecule has 0 aliphatic rings. The second kappa shape index (κ2) is 8.80. The highest BCUT2D eigenvalue weighted by Gasteiger charge is 2.16. The predicted octanol–water partition coefficient (Wildman–Crippen LogP) is 4.64. The molecule has 0 saturated carbocycles. The predicted molar refractivity (Wildman–Crippen MR) is 107 cm³/mol. The van der Waals surface area contributed by atoms with Gasteiger partial charge in [-0.3, -0.25) is 4.79 Å². The number of benzene rings is 2. The van der Waals surface area contributed by atoms with E-state index in [2.05, 4.69) is 10.5 Å². The highest BCUT2D eigenvalue weighted by atomic mass is 35.5. The number of nitrogens with zero attached hydrogens (tertiary/aromatic N) is 1. The first-order valence-electron chi connectivity index (χ1n) is 8.83. The van der Waals surface area contributed by atoms with Crippen molar-refractivity contribution in [1.29, 1.82) is 0 Å². The zero-order valence-electron chi connectivity index (χ0n) is 15.9. The highest BCUT2D eigenvalue weighted by Crippen LogP contribution is 2.36. The molecule has 7 heteroatoms. The van der Waals surface area contributed by atoms with E-state index in [1.807, 2.05) is 38.1 Å². The Morgan fingerprint density at radius 3 is 2.64 bits per heavy atom. The van der Waals surface area contributed by atoms with Crippen molar-refractivity contribution in [2.75, 3.05) is 13.7 Å². The monoisotopic (exact) mass is 400 g/mol. The fourth-order valence-corrected chi connectivity index (χ4v) is 2.96. The van der Waals surface area contributed by atoms with E-state index in [0.717, 1.165) is 16.7 Å². The van der Waals surface area contributed by atoms with Crippen molar-refractivity contribution in [3.05, 3.63) is 64.4 Å². The molecule has 1 aromatic heterocycles. The van der Waals surface area contributed by atoms with Gasteiger partial charge in [0.1, 0.15) is 5.69 Å². The van der Waals surface area contributed by atoms with Crippen molar-refractivity contribution in [3.8, 4) is 22.8 Å². The van der Waals surface area contributed by atoms with Crippen LogP contribution in [-0.2, 0) is 6.54 Å². The van der Waals surface area contributed by atoms with E-state index in [4.69, 9.17) is 25.6 Å². The molecule has 0 atom stereocenters. The van der Waals surface area contributed by atoms with Crippen LogP contribution in [0.1, 0.15) is 28.6 Å². The number of nitrogens with one attached hydrogen (secondary N) is 1. The molecule has 0 aliphatic heterocycles. The van der Waals surface area contributed by atoms with Crippen LogP contribution in [0.3, 0.4) is 0 Å². The van der Waals surface area contributed by atoms with Crippen molar-refractivity contribution >= 4 is 17.5 Å². The van der Waals surface area contributed by atoms with Crippen LogP contribution in [0.2, 0.25) is 5.02 Å². The first kappa shape index (κ1) is 19.8. The topological polar surface area (TPSA) is 73.6 Å². The summed E-state index contributed by atoms with van der Waals surface area (Å²) in [6, 6.07) is 12.9. The summed E-state index contributed by atoms with van der Waals surface area (Å²) in [5, 5.41) is 7.19. The van der Waals surface area contributed by atoms with Crippen molar-refractivity contribution in [2.45, 2.75) is 20.4 Å². The number of carbonyl (C=O) groups is 1. The van der Waals surface area contributed by atoms with Crippen molar-refractivity contribution in [1.82, 2.24) is 10.5 Å². The van der Waals surface area contributed by atoms with Gasteiger partial charge < -0.3 is 19.3 Å². The molecule has 3 aromatic rings. The zero-order chi connectivity index (χ0) is 20.1. The van der Waals surface area contributed by atoms with Gasteiger partial charge in [-0.2, -0.15) is 0 Å². The quantitative estimate of drug-likeness (QED) is 0.625. The van der Waals surface area contributed by atoms with Gasteiger partial charge in [0, 0.05) is 18.2 Å². The number of hydrogen-bond donors (Lipinski definition) is 1. The first-order valence-corrected chi connectivity index (χ1v) is 9.20. The summed E-state index contributed by atoms with van der Waals surface area (Å²) in [5.41, 5.74) is 3.42. The van der Waals surface area contributed by atoms with Gasteiger partial charge in [-0.25, -0.2) is 0 Å². The van der Waals surface area contributed by atoms with Crippen LogP contribution in [-0.4, -0.2) is 24.8 Å². The average molecular weight is 401 g/mol. The second-order valence-corrected chi connectivity index (χ2v) is 6.57. The van der Waals surface area contributed by atoms with Gasteiger partial charge in [0.05, 0.1) is 18.7 Å². The molecular formula is C21H21ClN2O4. The first-order chi connectivity index (χ1) is 13.5. The zero-order valence-corrected chi connectivity index (χ0v) is 16.7. The van der Waals surface area contributed by atoms with Gasteiger partial charge in [0.15, 0.2) is 11.5 Å². The summed E-state index contributed by atoms with van der Waals surface area (Å²) >= 11 is 6.26. The maximum atomic E-state index is 12.4. The van der Waals surface area contributed by atoms with E-state index in [1.54, 1.807) is 18.2 Å². The lowest BCUT2D eigenvalue weighted by Gasteiger charge is -2.13. The third-order valence-electron chi connectivity index (χ3n) is 4.11. The third-order valence-corrected chi connectivity index (χ3v) is 4.39. The smallest absolute Gasteiger partial charge is 0.290 e. The Balaban J connectivity index is 1.69. The number of carbonyl (C=O) groups excluding carboxylic acids is 1. The Morgan fingerprint density at radius 2 is 1.96 bits per heavy atom. The second-order valence-electron chi connectivity index (χ2n) is 6.17. The molecule has 1 amide bonds. The molecule has 0 saturated heterocycles. The number of ether oxygens (including phenoxy) is 2. The normalized spacial score (nSPS) is 10.6. The van der Waals surface area contributed by atoms with E-state index in [9.17, 15) is 4.79 Å². The fourth-order valence-electron chi connectivity index (χ4n) is 2.67. The minimum Gasteiger partial charge on any atom is -0.493 e. The van der Waals surface area contributed by atoms with Crippen molar-refractivity contribution in [2.24, 2.45) is 0 Å². The van der Waals surface area contributed by atoms with Crippen LogP contribution in [0.15, 0.2) is 47.0 Å². The molecule has 28 heavy (non-hydrogen) atoms. The van der Waals surface area contributed by atoms with E-state index in [0.29, 0.717) is 28.8 Å². The number of aryl methyl sites for hydroxylation is 1. The molecule has 0 unspecified atom stereocenters. The summed E-state index contributed by atoms with van der Waals surface area (Å²) in [4.78, 5) is 12.4. The van der Waals surface area contributed by atoms with Gasteiger partial charge in [-0.1, -0.05) is 46.6 Å². The molecule has 1 heterocycles. The van der Waals surface area contributed by atoms with Crippen LogP contribution in [0.5, 0.6) is 11.5 Å². The van der Waals surface area contributed by atoms with Gasteiger partial charge in [0.25, 0.3) is 5.91 Å². The molecule has 6 nitrogen and oxygen atoms in total. The minimum atomic E-state index is -0.366. The van der Waals surface area contributed by atoms with Crippen LogP contribution in [0.4, 0.5) is 0 Å². The SMILES string of the molecule is CCOc1c(Cl)cc(CNC(=O)c2cc(-c3ccc(C)cc3)no2)cc1OC. The number of rotatable bonds is 7. The van der Waals surface area contributed by atoms with Crippen LogP contribution in [0, 0.1) is 6.92 Å². The molecule has 0 radical (unpaired) electrons. The molecule has 3 rings (SSSR count).